The molecule has 0 N–H and O–H groups in total. The standard InChI is InChI=1S/C9H16N2/c1-8-4-6-11(2)9(7-8)3-5-10/h8-9H,3-4,6-7H2,1-2H3. The third kappa shape index (κ3) is 2.20. The Kier molecular flexibility index (Phi) is 2.90. The first kappa shape index (κ1) is 8.55. The molecule has 0 spiro atoms. The van der Waals surface area contributed by atoms with Crippen molar-refractivity contribution in [2.75, 3.05) is 13.6 Å². The SMILES string of the molecule is CC1CCN(C)C(CC#N)C1. The van der Waals surface area contributed by atoms with E-state index in [1.807, 2.05) is 0 Å². The molecule has 62 valence electrons. The van der Waals surface area contributed by atoms with Gasteiger partial charge in [0.25, 0.3) is 0 Å². The van der Waals surface area contributed by atoms with Crippen LogP contribution in [0.5, 0.6) is 0 Å². The Morgan fingerprint density at radius 3 is 3.00 bits per heavy atom. The van der Waals surface area contributed by atoms with Crippen molar-refractivity contribution in [2.45, 2.75) is 32.2 Å². The second kappa shape index (κ2) is 3.73. The maximum Gasteiger partial charge on any atom is 0.0638 e. The van der Waals surface area contributed by atoms with Gasteiger partial charge in [0.2, 0.25) is 0 Å². The summed E-state index contributed by atoms with van der Waals surface area (Å²) in [5.41, 5.74) is 0. The number of nitriles is 1. The molecule has 1 aliphatic heterocycles. The van der Waals surface area contributed by atoms with Crippen LogP contribution in [0.4, 0.5) is 0 Å². The molecule has 1 rings (SSSR count). The van der Waals surface area contributed by atoms with Gasteiger partial charge in [-0.05, 0) is 32.4 Å². The van der Waals surface area contributed by atoms with Crippen LogP contribution in [0, 0.1) is 17.2 Å². The first-order chi connectivity index (χ1) is 5.24. The highest BCUT2D eigenvalue weighted by Gasteiger charge is 2.22. The van der Waals surface area contributed by atoms with Crippen molar-refractivity contribution in [1.29, 1.82) is 5.26 Å². The third-order valence-electron chi connectivity index (χ3n) is 2.60. The van der Waals surface area contributed by atoms with Crippen molar-refractivity contribution in [3.8, 4) is 6.07 Å². The Morgan fingerprint density at radius 2 is 2.36 bits per heavy atom. The Labute approximate surface area is 68.8 Å². The molecule has 0 aliphatic carbocycles. The summed E-state index contributed by atoms with van der Waals surface area (Å²) in [6, 6.07) is 2.76. The van der Waals surface area contributed by atoms with E-state index in [9.17, 15) is 0 Å². The third-order valence-corrected chi connectivity index (χ3v) is 2.60. The average Bonchev–Trinajstić information content (AvgIpc) is 1.98. The van der Waals surface area contributed by atoms with Crippen LogP contribution in [0.25, 0.3) is 0 Å². The number of rotatable bonds is 1. The first-order valence-electron chi connectivity index (χ1n) is 4.31. The quantitative estimate of drug-likeness (QED) is 0.571. The van der Waals surface area contributed by atoms with E-state index >= 15 is 0 Å². The van der Waals surface area contributed by atoms with Gasteiger partial charge in [0.05, 0.1) is 12.5 Å². The monoisotopic (exact) mass is 152 g/mol. The maximum atomic E-state index is 8.55. The molecule has 0 amide bonds. The molecule has 0 aromatic carbocycles. The topological polar surface area (TPSA) is 27.0 Å². The lowest BCUT2D eigenvalue weighted by Gasteiger charge is -2.34. The lowest BCUT2D eigenvalue weighted by molar-refractivity contribution is 0.152. The fraction of sp³-hybridized carbons (Fsp3) is 0.889. The Hall–Kier alpha value is -0.550. The fourth-order valence-electron chi connectivity index (χ4n) is 1.71. The molecule has 1 fully saturated rings. The van der Waals surface area contributed by atoms with Crippen LogP contribution in [-0.2, 0) is 0 Å². The zero-order chi connectivity index (χ0) is 8.27. The molecule has 1 aliphatic rings. The number of piperidine rings is 1. The summed E-state index contributed by atoms with van der Waals surface area (Å²) >= 11 is 0. The molecule has 0 aromatic rings. The maximum absolute atomic E-state index is 8.55. The van der Waals surface area contributed by atoms with E-state index < -0.39 is 0 Å². The molecule has 0 bridgehead atoms. The molecule has 2 heteroatoms. The van der Waals surface area contributed by atoms with Crippen LogP contribution in [0.2, 0.25) is 0 Å². The first-order valence-corrected chi connectivity index (χ1v) is 4.31. The minimum atomic E-state index is 0.517. The molecule has 2 atom stereocenters. The van der Waals surface area contributed by atoms with E-state index in [0.717, 1.165) is 12.5 Å². The van der Waals surface area contributed by atoms with Gasteiger partial charge in [0.1, 0.15) is 0 Å². The molecule has 1 saturated heterocycles. The zero-order valence-corrected chi connectivity index (χ0v) is 7.38. The molecule has 2 unspecified atom stereocenters. The lowest BCUT2D eigenvalue weighted by atomic mass is 9.91. The van der Waals surface area contributed by atoms with Gasteiger partial charge in [-0.25, -0.2) is 0 Å². The number of hydrogen-bond donors (Lipinski definition) is 0. The summed E-state index contributed by atoms with van der Waals surface area (Å²) in [5.74, 6) is 0.810. The molecule has 1 heterocycles. The van der Waals surface area contributed by atoms with Gasteiger partial charge in [0, 0.05) is 6.04 Å². The van der Waals surface area contributed by atoms with Crippen LogP contribution >= 0.6 is 0 Å². The van der Waals surface area contributed by atoms with Gasteiger partial charge in [-0.15, -0.1) is 0 Å². The fourth-order valence-corrected chi connectivity index (χ4v) is 1.71. The van der Waals surface area contributed by atoms with Crippen molar-refractivity contribution in [2.24, 2.45) is 5.92 Å². The summed E-state index contributed by atoms with van der Waals surface area (Å²) in [5, 5.41) is 8.55. The highest BCUT2D eigenvalue weighted by atomic mass is 15.1. The van der Waals surface area contributed by atoms with Crippen molar-refractivity contribution in [1.82, 2.24) is 4.90 Å². The second-order valence-corrected chi connectivity index (χ2v) is 3.63. The van der Waals surface area contributed by atoms with Crippen LogP contribution in [0.1, 0.15) is 26.2 Å². The van der Waals surface area contributed by atoms with Crippen molar-refractivity contribution < 1.29 is 0 Å². The van der Waals surface area contributed by atoms with Gasteiger partial charge in [-0.3, -0.25) is 0 Å². The largest absolute Gasteiger partial charge is 0.302 e. The number of hydrogen-bond acceptors (Lipinski definition) is 2. The molecule has 0 saturated carbocycles. The van der Waals surface area contributed by atoms with E-state index in [1.54, 1.807) is 0 Å². The highest BCUT2D eigenvalue weighted by Crippen LogP contribution is 2.22. The number of likely N-dealkylation sites (tertiary alicyclic amines) is 1. The summed E-state index contributed by atoms with van der Waals surface area (Å²) in [6.07, 6.45) is 3.18. The Balaban J connectivity index is 2.42. The molecule has 0 radical (unpaired) electrons. The lowest BCUT2D eigenvalue weighted by Crippen LogP contribution is -2.38. The van der Waals surface area contributed by atoms with Gasteiger partial charge in [-0.2, -0.15) is 5.26 Å². The normalized spacial score (nSPS) is 33.2. The van der Waals surface area contributed by atoms with Crippen LogP contribution < -0.4 is 0 Å². The summed E-state index contributed by atoms with van der Waals surface area (Å²) in [4.78, 5) is 2.31. The molecule has 11 heavy (non-hydrogen) atoms. The summed E-state index contributed by atoms with van der Waals surface area (Å²) < 4.78 is 0. The van der Waals surface area contributed by atoms with Crippen molar-refractivity contribution in [3.05, 3.63) is 0 Å². The molecular formula is C9H16N2. The Morgan fingerprint density at radius 1 is 1.64 bits per heavy atom. The minimum absolute atomic E-state index is 0.517. The highest BCUT2D eigenvalue weighted by molar-refractivity contribution is 4.85. The van der Waals surface area contributed by atoms with E-state index in [1.165, 1.54) is 12.8 Å². The van der Waals surface area contributed by atoms with Gasteiger partial charge >= 0.3 is 0 Å². The Bertz CT molecular complexity index is 159. The predicted octanol–water partition coefficient (Wildman–Crippen LogP) is 1.63. The van der Waals surface area contributed by atoms with Crippen LogP contribution in [0.15, 0.2) is 0 Å². The summed E-state index contributed by atoms with van der Waals surface area (Å²) in [7, 11) is 2.12. The van der Waals surface area contributed by atoms with E-state index in [2.05, 4.69) is 24.9 Å². The van der Waals surface area contributed by atoms with Crippen molar-refractivity contribution in [3.63, 3.8) is 0 Å². The predicted molar refractivity (Wildman–Crippen MR) is 45.0 cm³/mol. The van der Waals surface area contributed by atoms with Gasteiger partial charge < -0.3 is 4.90 Å². The summed E-state index contributed by atoms with van der Waals surface area (Å²) in [6.45, 7) is 3.44. The zero-order valence-electron chi connectivity index (χ0n) is 7.38. The minimum Gasteiger partial charge on any atom is -0.302 e. The van der Waals surface area contributed by atoms with E-state index in [-0.39, 0.29) is 0 Å². The van der Waals surface area contributed by atoms with E-state index in [0.29, 0.717) is 12.5 Å². The van der Waals surface area contributed by atoms with Gasteiger partial charge in [-0.1, -0.05) is 6.92 Å². The van der Waals surface area contributed by atoms with Crippen LogP contribution in [-0.4, -0.2) is 24.5 Å². The van der Waals surface area contributed by atoms with Gasteiger partial charge in [0.15, 0.2) is 0 Å². The molecule has 0 aromatic heterocycles. The van der Waals surface area contributed by atoms with Crippen LogP contribution in [0.3, 0.4) is 0 Å². The molecular weight excluding hydrogens is 136 g/mol. The van der Waals surface area contributed by atoms with Crippen molar-refractivity contribution >= 4 is 0 Å². The smallest absolute Gasteiger partial charge is 0.0638 e. The van der Waals surface area contributed by atoms with E-state index in [4.69, 9.17) is 5.26 Å². The molecule has 2 nitrogen and oxygen atoms in total. The second-order valence-electron chi connectivity index (χ2n) is 3.63. The average molecular weight is 152 g/mol. The number of nitrogens with zero attached hydrogens (tertiary/aromatic N) is 2.